The van der Waals surface area contributed by atoms with Crippen molar-refractivity contribution in [3.63, 3.8) is 0 Å². The van der Waals surface area contributed by atoms with Crippen molar-refractivity contribution < 1.29 is 4.74 Å². The summed E-state index contributed by atoms with van der Waals surface area (Å²) in [6.45, 7) is 8.71. The van der Waals surface area contributed by atoms with Crippen LogP contribution in [0.15, 0.2) is 12.4 Å². The minimum absolute atomic E-state index is 0.122. The first-order chi connectivity index (χ1) is 8.67. The van der Waals surface area contributed by atoms with Crippen LogP contribution in [0.2, 0.25) is 0 Å². The predicted octanol–water partition coefficient (Wildman–Crippen LogP) is 1.83. The zero-order chi connectivity index (χ0) is 13.4. The summed E-state index contributed by atoms with van der Waals surface area (Å²) >= 11 is 0. The number of hydrogen-bond donors (Lipinski definition) is 1. The molecule has 1 heterocycles. The molecule has 0 amide bonds. The van der Waals surface area contributed by atoms with E-state index in [0.29, 0.717) is 12.4 Å². The molecule has 0 fully saturated rings. The molecule has 18 heavy (non-hydrogen) atoms. The molecule has 1 aromatic heterocycles. The van der Waals surface area contributed by atoms with E-state index in [-0.39, 0.29) is 6.10 Å². The predicted molar refractivity (Wildman–Crippen MR) is 74.0 cm³/mol. The van der Waals surface area contributed by atoms with Crippen LogP contribution in [0.1, 0.15) is 33.6 Å². The first-order valence-corrected chi connectivity index (χ1v) is 6.61. The molecule has 0 unspecified atom stereocenters. The maximum Gasteiger partial charge on any atom is 0.218 e. The van der Waals surface area contributed by atoms with Gasteiger partial charge in [0.1, 0.15) is 12.1 Å². The van der Waals surface area contributed by atoms with Crippen molar-refractivity contribution >= 4 is 5.82 Å². The smallest absolute Gasteiger partial charge is 0.218 e. The molecule has 0 saturated carbocycles. The number of anilines is 1. The molecule has 0 aliphatic carbocycles. The van der Waals surface area contributed by atoms with Gasteiger partial charge in [-0.3, -0.25) is 0 Å². The highest BCUT2D eigenvalue weighted by Crippen LogP contribution is 2.17. The fraction of sp³-hybridized carbons (Fsp3) is 0.692. The molecule has 5 nitrogen and oxygen atoms in total. The monoisotopic (exact) mass is 252 g/mol. The van der Waals surface area contributed by atoms with Crippen LogP contribution in [0.3, 0.4) is 0 Å². The van der Waals surface area contributed by atoms with Gasteiger partial charge in [-0.15, -0.1) is 0 Å². The van der Waals surface area contributed by atoms with Crippen LogP contribution in [0.25, 0.3) is 0 Å². The molecule has 0 aliphatic heterocycles. The molecule has 0 aromatic carbocycles. The van der Waals surface area contributed by atoms with Gasteiger partial charge in [0, 0.05) is 19.2 Å². The van der Waals surface area contributed by atoms with Gasteiger partial charge in [-0.25, -0.2) is 9.97 Å². The van der Waals surface area contributed by atoms with Crippen molar-refractivity contribution in [3.8, 4) is 5.88 Å². The van der Waals surface area contributed by atoms with Crippen LogP contribution in [0, 0.1) is 0 Å². The highest BCUT2D eigenvalue weighted by molar-refractivity contribution is 5.40. The van der Waals surface area contributed by atoms with Crippen molar-refractivity contribution in [2.75, 3.05) is 24.5 Å². The Kier molecular flexibility index (Phi) is 6.43. The van der Waals surface area contributed by atoms with Crippen LogP contribution in [-0.2, 0) is 0 Å². The average Bonchev–Trinajstić information content (AvgIpc) is 2.34. The van der Waals surface area contributed by atoms with E-state index in [1.807, 2.05) is 19.9 Å². The Morgan fingerprint density at radius 3 is 2.72 bits per heavy atom. The first-order valence-electron chi connectivity index (χ1n) is 6.61. The summed E-state index contributed by atoms with van der Waals surface area (Å²) in [4.78, 5) is 10.7. The quantitative estimate of drug-likeness (QED) is 0.764. The third-order valence-electron chi connectivity index (χ3n) is 2.43. The Balaban J connectivity index is 2.76. The summed E-state index contributed by atoms with van der Waals surface area (Å²) in [5.41, 5.74) is 5.56. The van der Waals surface area contributed by atoms with Gasteiger partial charge in [0.25, 0.3) is 0 Å². The molecule has 1 aromatic rings. The zero-order valence-electron chi connectivity index (χ0n) is 11.6. The van der Waals surface area contributed by atoms with E-state index in [1.165, 1.54) is 0 Å². The second kappa shape index (κ2) is 7.87. The van der Waals surface area contributed by atoms with Crippen molar-refractivity contribution in [2.24, 2.45) is 5.73 Å². The van der Waals surface area contributed by atoms with Crippen LogP contribution >= 0.6 is 0 Å². The lowest BCUT2D eigenvalue weighted by atomic mass is 10.3. The SMILES string of the molecule is CCCN(CCCN)c1cc(OC(C)C)ncn1. The second-order valence-electron chi connectivity index (χ2n) is 4.51. The summed E-state index contributed by atoms with van der Waals surface area (Å²) < 4.78 is 5.59. The molecule has 2 N–H and O–H groups in total. The molecule has 0 aliphatic rings. The number of hydrogen-bond acceptors (Lipinski definition) is 5. The average molecular weight is 252 g/mol. The normalized spacial score (nSPS) is 10.7. The largest absolute Gasteiger partial charge is 0.475 e. The molecule has 0 atom stereocenters. The Labute approximate surface area is 109 Å². The number of rotatable bonds is 8. The van der Waals surface area contributed by atoms with Crippen LogP contribution in [-0.4, -0.2) is 35.7 Å². The van der Waals surface area contributed by atoms with E-state index < -0.39 is 0 Å². The van der Waals surface area contributed by atoms with Crippen molar-refractivity contribution in [1.29, 1.82) is 0 Å². The number of nitrogens with two attached hydrogens (primary N) is 1. The van der Waals surface area contributed by atoms with Gasteiger partial charge in [-0.05, 0) is 33.2 Å². The highest BCUT2D eigenvalue weighted by atomic mass is 16.5. The van der Waals surface area contributed by atoms with E-state index in [9.17, 15) is 0 Å². The molecule has 102 valence electrons. The van der Waals surface area contributed by atoms with E-state index in [0.717, 1.165) is 31.7 Å². The lowest BCUT2D eigenvalue weighted by Gasteiger charge is -2.23. The van der Waals surface area contributed by atoms with E-state index in [2.05, 4.69) is 21.8 Å². The summed E-state index contributed by atoms with van der Waals surface area (Å²) in [5, 5.41) is 0. The third-order valence-corrected chi connectivity index (χ3v) is 2.43. The highest BCUT2D eigenvalue weighted by Gasteiger charge is 2.09. The van der Waals surface area contributed by atoms with E-state index in [1.54, 1.807) is 6.33 Å². The number of ether oxygens (including phenoxy) is 1. The summed E-state index contributed by atoms with van der Waals surface area (Å²) in [6, 6.07) is 1.90. The Morgan fingerprint density at radius 1 is 1.33 bits per heavy atom. The van der Waals surface area contributed by atoms with Gasteiger partial charge >= 0.3 is 0 Å². The molecular formula is C13H24N4O. The van der Waals surface area contributed by atoms with Gasteiger partial charge in [-0.2, -0.15) is 0 Å². The van der Waals surface area contributed by atoms with Crippen molar-refractivity contribution in [3.05, 3.63) is 12.4 Å². The Bertz CT molecular complexity index is 344. The van der Waals surface area contributed by atoms with Gasteiger partial charge in [-0.1, -0.05) is 6.92 Å². The molecule has 0 spiro atoms. The fourth-order valence-corrected chi connectivity index (χ4v) is 1.70. The molecule has 0 bridgehead atoms. The van der Waals surface area contributed by atoms with E-state index >= 15 is 0 Å². The molecule has 0 radical (unpaired) electrons. The topological polar surface area (TPSA) is 64.3 Å². The Morgan fingerprint density at radius 2 is 2.11 bits per heavy atom. The molecule has 5 heteroatoms. The summed E-state index contributed by atoms with van der Waals surface area (Å²) in [5.74, 6) is 1.54. The van der Waals surface area contributed by atoms with Crippen molar-refractivity contribution in [2.45, 2.75) is 39.7 Å². The van der Waals surface area contributed by atoms with Crippen LogP contribution in [0.5, 0.6) is 5.88 Å². The fourth-order valence-electron chi connectivity index (χ4n) is 1.70. The summed E-state index contributed by atoms with van der Waals surface area (Å²) in [7, 11) is 0. The third kappa shape index (κ3) is 4.87. The number of nitrogens with zero attached hydrogens (tertiary/aromatic N) is 3. The van der Waals surface area contributed by atoms with Crippen LogP contribution in [0.4, 0.5) is 5.82 Å². The van der Waals surface area contributed by atoms with Gasteiger partial charge < -0.3 is 15.4 Å². The first kappa shape index (κ1) is 14.7. The summed E-state index contributed by atoms with van der Waals surface area (Å²) in [6.07, 6.45) is 3.72. The molecular weight excluding hydrogens is 228 g/mol. The maximum absolute atomic E-state index is 5.59. The van der Waals surface area contributed by atoms with Gasteiger partial charge in [0.15, 0.2) is 0 Å². The minimum Gasteiger partial charge on any atom is -0.475 e. The molecule has 1 rings (SSSR count). The van der Waals surface area contributed by atoms with Gasteiger partial charge in [0.2, 0.25) is 5.88 Å². The van der Waals surface area contributed by atoms with Crippen LogP contribution < -0.4 is 15.4 Å². The zero-order valence-corrected chi connectivity index (χ0v) is 11.6. The van der Waals surface area contributed by atoms with E-state index in [4.69, 9.17) is 10.5 Å². The lowest BCUT2D eigenvalue weighted by Crippen LogP contribution is -2.27. The molecule has 0 saturated heterocycles. The standard InChI is InChI=1S/C13H24N4O/c1-4-7-17(8-5-6-14)12-9-13(16-10-15-12)18-11(2)3/h9-11H,4-8,14H2,1-3H3. The lowest BCUT2D eigenvalue weighted by molar-refractivity contribution is 0.232. The number of aromatic nitrogens is 2. The van der Waals surface area contributed by atoms with Crippen molar-refractivity contribution in [1.82, 2.24) is 9.97 Å². The minimum atomic E-state index is 0.122. The maximum atomic E-state index is 5.59. The van der Waals surface area contributed by atoms with Gasteiger partial charge in [0.05, 0.1) is 6.10 Å². The Hall–Kier alpha value is -1.36. The second-order valence-corrected chi connectivity index (χ2v) is 4.51.